The summed E-state index contributed by atoms with van der Waals surface area (Å²) in [7, 11) is -2.19. The van der Waals surface area contributed by atoms with Crippen molar-refractivity contribution in [3.63, 3.8) is 0 Å². The maximum atomic E-state index is 12.5. The molecule has 0 saturated carbocycles. The van der Waals surface area contributed by atoms with Gasteiger partial charge in [-0.1, -0.05) is 12.1 Å². The Balaban J connectivity index is 2.19. The average molecular weight is 378 g/mol. The van der Waals surface area contributed by atoms with Gasteiger partial charge >= 0.3 is 0 Å². The van der Waals surface area contributed by atoms with E-state index >= 15 is 0 Å². The van der Waals surface area contributed by atoms with Crippen molar-refractivity contribution in [2.45, 2.75) is 25.3 Å². The lowest BCUT2D eigenvalue weighted by molar-refractivity contribution is -0.114. The number of carbonyl (C=O) groups excluding carboxylic acids is 1. The van der Waals surface area contributed by atoms with Crippen LogP contribution in [0.5, 0.6) is 11.5 Å². The molecule has 0 fully saturated rings. The van der Waals surface area contributed by atoms with Gasteiger partial charge in [0.05, 0.1) is 24.3 Å². The molecule has 0 aromatic heterocycles. The van der Waals surface area contributed by atoms with Crippen LogP contribution in [0.1, 0.15) is 19.4 Å². The first-order chi connectivity index (χ1) is 12.4. The molecule has 0 aliphatic rings. The van der Waals surface area contributed by atoms with Crippen molar-refractivity contribution in [1.29, 1.82) is 0 Å². The zero-order chi connectivity index (χ0) is 19.2. The molecule has 2 N–H and O–H groups in total. The van der Waals surface area contributed by atoms with E-state index in [2.05, 4.69) is 10.0 Å². The highest BCUT2D eigenvalue weighted by Crippen LogP contribution is 2.28. The number of nitrogens with one attached hydrogen (secondary N) is 2. The van der Waals surface area contributed by atoms with E-state index in [1.807, 2.05) is 0 Å². The quantitative estimate of drug-likeness (QED) is 0.736. The monoisotopic (exact) mass is 378 g/mol. The number of hydrogen-bond donors (Lipinski definition) is 2. The number of rotatable bonds is 8. The van der Waals surface area contributed by atoms with E-state index in [0.29, 0.717) is 23.8 Å². The third kappa shape index (κ3) is 5.21. The van der Waals surface area contributed by atoms with E-state index in [1.165, 1.54) is 25.1 Å². The van der Waals surface area contributed by atoms with Crippen LogP contribution in [0.4, 0.5) is 5.69 Å². The lowest BCUT2D eigenvalue weighted by Crippen LogP contribution is -2.23. The van der Waals surface area contributed by atoms with Gasteiger partial charge in [-0.05, 0) is 42.8 Å². The highest BCUT2D eigenvalue weighted by atomic mass is 32.2. The van der Waals surface area contributed by atoms with Crippen LogP contribution < -0.4 is 19.5 Å². The normalized spacial score (nSPS) is 11.0. The minimum absolute atomic E-state index is 0.0400. The molecule has 8 heteroatoms. The first-order valence-electron chi connectivity index (χ1n) is 8.02. The summed E-state index contributed by atoms with van der Waals surface area (Å²) in [5, 5.41) is 2.59. The molecule has 2 aromatic carbocycles. The molecule has 2 aromatic rings. The Morgan fingerprint density at radius 1 is 1.12 bits per heavy atom. The summed E-state index contributed by atoms with van der Waals surface area (Å²) in [5.41, 5.74) is 1.11. The number of anilines is 1. The Morgan fingerprint density at radius 2 is 1.81 bits per heavy atom. The highest BCUT2D eigenvalue weighted by Gasteiger charge is 2.17. The van der Waals surface area contributed by atoms with E-state index in [1.54, 1.807) is 38.3 Å². The fourth-order valence-electron chi connectivity index (χ4n) is 2.25. The van der Waals surface area contributed by atoms with Gasteiger partial charge in [-0.3, -0.25) is 4.79 Å². The molecule has 0 radical (unpaired) electrons. The molecule has 0 spiro atoms. The topological polar surface area (TPSA) is 93.7 Å². The Bertz CT molecular complexity index is 864. The van der Waals surface area contributed by atoms with E-state index in [0.717, 1.165) is 5.56 Å². The van der Waals surface area contributed by atoms with E-state index in [-0.39, 0.29) is 17.3 Å². The summed E-state index contributed by atoms with van der Waals surface area (Å²) in [6, 6.07) is 11.4. The molecule has 26 heavy (non-hydrogen) atoms. The van der Waals surface area contributed by atoms with Crippen LogP contribution >= 0.6 is 0 Å². The molecule has 0 aliphatic heterocycles. The second kappa shape index (κ2) is 8.68. The Labute approximate surface area is 153 Å². The van der Waals surface area contributed by atoms with Crippen LogP contribution in [0.3, 0.4) is 0 Å². The van der Waals surface area contributed by atoms with Crippen LogP contribution in [-0.2, 0) is 21.4 Å². The first-order valence-corrected chi connectivity index (χ1v) is 9.51. The molecule has 0 bridgehead atoms. The van der Waals surface area contributed by atoms with Gasteiger partial charge in [0.25, 0.3) is 0 Å². The number of methoxy groups -OCH3 is 1. The van der Waals surface area contributed by atoms with Crippen molar-refractivity contribution >= 4 is 21.6 Å². The van der Waals surface area contributed by atoms with Gasteiger partial charge in [0.2, 0.25) is 15.9 Å². The van der Waals surface area contributed by atoms with Gasteiger partial charge in [-0.15, -0.1) is 0 Å². The Morgan fingerprint density at radius 3 is 2.38 bits per heavy atom. The molecule has 2 rings (SSSR count). The van der Waals surface area contributed by atoms with Crippen LogP contribution in [0.25, 0.3) is 0 Å². The lowest BCUT2D eigenvalue weighted by Gasteiger charge is -2.13. The van der Waals surface area contributed by atoms with Gasteiger partial charge in [0.15, 0.2) is 0 Å². The minimum atomic E-state index is -3.75. The summed E-state index contributed by atoms with van der Waals surface area (Å²) in [6.45, 7) is 3.68. The summed E-state index contributed by atoms with van der Waals surface area (Å²) in [4.78, 5) is 11.4. The number of ether oxygens (including phenoxy) is 2. The number of amides is 1. The van der Waals surface area contributed by atoms with Gasteiger partial charge in [-0.2, -0.15) is 0 Å². The fourth-order valence-corrected chi connectivity index (χ4v) is 3.29. The first kappa shape index (κ1) is 19.7. The molecule has 0 saturated heterocycles. The van der Waals surface area contributed by atoms with Crippen molar-refractivity contribution in [3.05, 3.63) is 48.0 Å². The van der Waals surface area contributed by atoms with Crippen LogP contribution in [0.15, 0.2) is 47.4 Å². The van der Waals surface area contributed by atoms with E-state index in [4.69, 9.17) is 9.47 Å². The van der Waals surface area contributed by atoms with Gasteiger partial charge in [0.1, 0.15) is 11.5 Å². The third-order valence-electron chi connectivity index (χ3n) is 3.50. The lowest BCUT2D eigenvalue weighted by atomic mass is 10.2. The Hall–Kier alpha value is -2.58. The van der Waals surface area contributed by atoms with Crippen LogP contribution in [0.2, 0.25) is 0 Å². The molecule has 7 nitrogen and oxygen atoms in total. The van der Waals surface area contributed by atoms with Crippen molar-refractivity contribution < 1.29 is 22.7 Å². The molecule has 0 atom stereocenters. The molecule has 140 valence electrons. The van der Waals surface area contributed by atoms with Gasteiger partial charge in [0, 0.05) is 13.5 Å². The number of benzene rings is 2. The van der Waals surface area contributed by atoms with E-state index < -0.39 is 10.0 Å². The molecule has 0 aliphatic carbocycles. The van der Waals surface area contributed by atoms with Crippen LogP contribution in [-0.4, -0.2) is 28.0 Å². The van der Waals surface area contributed by atoms with Gasteiger partial charge in [-0.25, -0.2) is 13.1 Å². The van der Waals surface area contributed by atoms with Gasteiger partial charge < -0.3 is 14.8 Å². The zero-order valence-corrected chi connectivity index (χ0v) is 15.7. The highest BCUT2D eigenvalue weighted by molar-refractivity contribution is 7.89. The molecular formula is C18H22N2O5S. The molecule has 0 heterocycles. The predicted octanol–water partition coefficient (Wildman–Crippen LogP) is 2.53. The summed E-state index contributed by atoms with van der Waals surface area (Å²) >= 11 is 0. The molecule has 1 amide bonds. The fraction of sp³-hybridized carbons (Fsp3) is 0.278. The summed E-state index contributed by atoms with van der Waals surface area (Å²) in [6.07, 6.45) is 0. The Kier molecular flexibility index (Phi) is 6.59. The smallest absolute Gasteiger partial charge is 0.240 e. The van der Waals surface area contributed by atoms with Crippen molar-refractivity contribution in [1.82, 2.24) is 4.72 Å². The molecule has 0 unspecified atom stereocenters. The maximum Gasteiger partial charge on any atom is 0.240 e. The third-order valence-corrected chi connectivity index (χ3v) is 4.90. The van der Waals surface area contributed by atoms with Crippen molar-refractivity contribution in [2.24, 2.45) is 0 Å². The second-order valence-corrected chi connectivity index (χ2v) is 7.21. The zero-order valence-electron chi connectivity index (χ0n) is 14.9. The van der Waals surface area contributed by atoms with Crippen molar-refractivity contribution in [2.75, 3.05) is 19.0 Å². The maximum absolute atomic E-state index is 12.5. The summed E-state index contributed by atoms with van der Waals surface area (Å²) in [5.74, 6) is 0.798. The average Bonchev–Trinajstić information content (AvgIpc) is 2.61. The summed E-state index contributed by atoms with van der Waals surface area (Å²) < 4.78 is 38.1. The van der Waals surface area contributed by atoms with Crippen molar-refractivity contribution in [3.8, 4) is 11.5 Å². The standard InChI is InChI=1S/C18H22N2O5S/c1-4-25-18-10-9-16(11-17(18)20-13(2)21)26(22,23)19-12-14-5-7-15(24-3)8-6-14/h5-11,19H,4,12H2,1-3H3,(H,20,21). The van der Waals surface area contributed by atoms with Crippen LogP contribution in [0, 0.1) is 0 Å². The number of carbonyl (C=O) groups is 1. The number of hydrogen-bond acceptors (Lipinski definition) is 5. The predicted molar refractivity (Wildman–Crippen MR) is 98.9 cm³/mol. The molecular weight excluding hydrogens is 356 g/mol. The largest absolute Gasteiger partial charge is 0.497 e. The SMILES string of the molecule is CCOc1ccc(S(=O)(=O)NCc2ccc(OC)cc2)cc1NC(C)=O. The number of sulfonamides is 1. The minimum Gasteiger partial charge on any atom is -0.497 e. The van der Waals surface area contributed by atoms with E-state index in [9.17, 15) is 13.2 Å². The second-order valence-electron chi connectivity index (χ2n) is 5.44.